The molecule has 112 valence electrons. The minimum Gasteiger partial charge on any atom is -0.0853 e. The average Bonchev–Trinajstić information content (AvgIpc) is 2.39. The molecule has 0 amide bonds. The minimum absolute atomic E-state index is 0.394. The standard InChI is InChI=1S/C20H32/c1-16-7-6-8-17(2)11-12-20(5)14-13-19(3,4)15-18(20)10-9-16/h7,11,15H,6,8-10,12-14H2,1-5H3. The molecule has 1 unspecified atom stereocenters. The molecular formula is C20H32. The van der Waals surface area contributed by atoms with Gasteiger partial charge in [-0.05, 0) is 69.6 Å². The van der Waals surface area contributed by atoms with Gasteiger partial charge in [-0.15, -0.1) is 0 Å². The first kappa shape index (κ1) is 15.6. The van der Waals surface area contributed by atoms with Crippen LogP contribution in [0.15, 0.2) is 34.9 Å². The van der Waals surface area contributed by atoms with Crippen molar-refractivity contribution >= 4 is 0 Å². The van der Waals surface area contributed by atoms with E-state index in [1.807, 2.05) is 0 Å². The largest absolute Gasteiger partial charge is 0.0853 e. The second-order valence-corrected chi connectivity index (χ2v) is 8.06. The Labute approximate surface area is 126 Å². The number of fused-ring (bicyclic) bond motifs is 1. The van der Waals surface area contributed by atoms with Crippen LogP contribution in [-0.2, 0) is 0 Å². The van der Waals surface area contributed by atoms with Gasteiger partial charge in [0.1, 0.15) is 0 Å². The van der Waals surface area contributed by atoms with E-state index < -0.39 is 0 Å². The third kappa shape index (κ3) is 3.87. The summed E-state index contributed by atoms with van der Waals surface area (Å²) in [4.78, 5) is 0. The molecule has 2 aliphatic carbocycles. The van der Waals surface area contributed by atoms with Gasteiger partial charge >= 0.3 is 0 Å². The van der Waals surface area contributed by atoms with Gasteiger partial charge in [-0.3, -0.25) is 0 Å². The van der Waals surface area contributed by atoms with Crippen molar-refractivity contribution in [2.45, 2.75) is 79.6 Å². The molecule has 0 spiro atoms. The van der Waals surface area contributed by atoms with Gasteiger partial charge in [0.15, 0.2) is 0 Å². The molecule has 0 aromatic heterocycles. The minimum atomic E-state index is 0.394. The Kier molecular flexibility index (Phi) is 4.62. The lowest BCUT2D eigenvalue weighted by Gasteiger charge is -2.41. The molecule has 0 aliphatic heterocycles. The summed E-state index contributed by atoms with van der Waals surface area (Å²) in [6.07, 6.45) is 16.4. The smallest absolute Gasteiger partial charge is 0.00812 e. The quantitative estimate of drug-likeness (QED) is 0.436. The average molecular weight is 272 g/mol. The van der Waals surface area contributed by atoms with Gasteiger partial charge in [0.2, 0.25) is 0 Å². The van der Waals surface area contributed by atoms with E-state index in [1.54, 1.807) is 16.7 Å². The Bertz CT molecular complexity index is 445. The monoisotopic (exact) mass is 272 g/mol. The van der Waals surface area contributed by atoms with E-state index in [2.05, 4.69) is 52.8 Å². The lowest BCUT2D eigenvalue weighted by Crippen LogP contribution is -2.28. The Morgan fingerprint density at radius 1 is 0.850 bits per heavy atom. The third-order valence-electron chi connectivity index (χ3n) is 5.38. The summed E-state index contributed by atoms with van der Waals surface area (Å²) >= 11 is 0. The summed E-state index contributed by atoms with van der Waals surface area (Å²) < 4.78 is 0. The van der Waals surface area contributed by atoms with Gasteiger partial charge < -0.3 is 0 Å². The highest BCUT2D eigenvalue weighted by molar-refractivity contribution is 5.24. The highest BCUT2D eigenvalue weighted by Crippen LogP contribution is 2.48. The molecule has 0 nitrogen and oxygen atoms in total. The van der Waals surface area contributed by atoms with Crippen LogP contribution in [0.5, 0.6) is 0 Å². The second kappa shape index (κ2) is 5.92. The molecule has 0 aromatic rings. The SMILES string of the molecule is CC1=CCC2(C)CCC(C)(C)C=C2CCC(C)=CCC1. The zero-order valence-corrected chi connectivity index (χ0v) is 14.2. The molecule has 2 aliphatic rings. The Morgan fingerprint density at radius 3 is 2.30 bits per heavy atom. The number of hydrogen-bond acceptors (Lipinski definition) is 0. The molecule has 0 fully saturated rings. The lowest BCUT2D eigenvalue weighted by molar-refractivity contribution is 0.254. The summed E-state index contributed by atoms with van der Waals surface area (Å²) in [5.74, 6) is 0. The first-order valence-electron chi connectivity index (χ1n) is 8.34. The molecule has 0 heteroatoms. The highest BCUT2D eigenvalue weighted by Gasteiger charge is 2.35. The summed E-state index contributed by atoms with van der Waals surface area (Å²) in [5, 5.41) is 0. The Balaban J connectivity index is 2.32. The Hall–Kier alpha value is -0.780. The summed E-state index contributed by atoms with van der Waals surface area (Å²) in [7, 11) is 0. The van der Waals surface area contributed by atoms with Crippen LogP contribution in [0.2, 0.25) is 0 Å². The van der Waals surface area contributed by atoms with Gasteiger partial charge in [0.05, 0.1) is 0 Å². The highest BCUT2D eigenvalue weighted by atomic mass is 14.4. The van der Waals surface area contributed by atoms with Gasteiger partial charge in [0, 0.05) is 0 Å². The van der Waals surface area contributed by atoms with E-state index >= 15 is 0 Å². The number of hydrogen-bond donors (Lipinski definition) is 0. The maximum Gasteiger partial charge on any atom is -0.00812 e. The fraction of sp³-hybridized carbons (Fsp3) is 0.700. The maximum atomic E-state index is 2.60. The molecule has 0 radical (unpaired) electrons. The van der Waals surface area contributed by atoms with E-state index in [0.717, 1.165) is 0 Å². The normalized spacial score (nSPS) is 31.4. The lowest BCUT2D eigenvalue weighted by atomic mass is 9.64. The van der Waals surface area contributed by atoms with Crippen LogP contribution >= 0.6 is 0 Å². The first-order valence-corrected chi connectivity index (χ1v) is 8.34. The van der Waals surface area contributed by atoms with Crippen LogP contribution in [0.3, 0.4) is 0 Å². The van der Waals surface area contributed by atoms with E-state index in [9.17, 15) is 0 Å². The predicted molar refractivity (Wildman–Crippen MR) is 89.8 cm³/mol. The fourth-order valence-corrected chi connectivity index (χ4v) is 3.57. The van der Waals surface area contributed by atoms with Gasteiger partial charge in [0.25, 0.3) is 0 Å². The fourth-order valence-electron chi connectivity index (χ4n) is 3.57. The van der Waals surface area contributed by atoms with Crippen LogP contribution < -0.4 is 0 Å². The summed E-state index contributed by atoms with van der Waals surface area (Å²) in [6, 6.07) is 0. The van der Waals surface area contributed by atoms with Crippen molar-refractivity contribution in [3.63, 3.8) is 0 Å². The zero-order valence-electron chi connectivity index (χ0n) is 14.2. The van der Waals surface area contributed by atoms with Crippen molar-refractivity contribution in [1.29, 1.82) is 0 Å². The molecule has 0 aromatic carbocycles. The van der Waals surface area contributed by atoms with Crippen LogP contribution in [0.4, 0.5) is 0 Å². The van der Waals surface area contributed by atoms with Gasteiger partial charge in [-0.2, -0.15) is 0 Å². The van der Waals surface area contributed by atoms with Crippen molar-refractivity contribution in [2.24, 2.45) is 10.8 Å². The van der Waals surface area contributed by atoms with Crippen molar-refractivity contribution in [2.75, 3.05) is 0 Å². The molecule has 0 heterocycles. The van der Waals surface area contributed by atoms with E-state index in [1.165, 1.54) is 44.9 Å². The zero-order chi connectivity index (χ0) is 14.8. The van der Waals surface area contributed by atoms with Crippen molar-refractivity contribution in [1.82, 2.24) is 0 Å². The maximum absolute atomic E-state index is 2.60. The summed E-state index contributed by atoms with van der Waals surface area (Å²) in [5.41, 5.74) is 5.66. The summed E-state index contributed by atoms with van der Waals surface area (Å²) in [6.45, 7) is 11.9. The predicted octanol–water partition coefficient (Wildman–Crippen LogP) is 6.60. The second-order valence-electron chi connectivity index (χ2n) is 8.06. The van der Waals surface area contributed by atoms with E-state index in [-0.39, 0.29) is 0 Å². The van der Waals surface area contributed by atoms with Crippen molar-refractivity contribution < 1.29 is 0 Å². The number of allylic oxidation sites excluding steroid dienone is 6. The molecule has 2 rings (SSSR count). The topological polar surface area (TPSA) is 0 Å². The third-order valence-corrected chi connectivity index (χ3v) is 5.38. The van der Waals surface area contributed by atoms with E-state index in [0.29, 0.717) is 10.8 Å². The molecule has 20 heavy (non-hydrogen) atoms. The van der Waals surface area contributed by atoms with Crippen molar-refractivity contribution in [3.8, 4) is 0 Å². The van der Waals surface area contributed by atoms with Gasteiger partial charge in [-0.25, -0.2) is 0 Å². The first-order chi connectivity index (χ1) is 9.31. The van der Waals surface area contributed by atoms with E-state index in [4.69, 9.17) is 0 Å². The molecule has 0 N–H and O–H groups in total. The van der Waals surface area contributed by atoms with Crippen LogP contribution in [-0.4, -0.2) is 0 Å². The van der Waals surface area contributed by atoms with Crippen molar-refractivity contribution in [3.05, 3.63) is 34.9 Å². The molecule has 0 saturated carbocycles. The molecule has 1 atom stereocenters. The van der Waals surface area contributed by atoms with Crippen LogP contribution in [0.1, 0.15) is 79.6 Å². The number of rotatable bonds is 0. The molecule has 0 saturated heterocycles. The molecule has 0 bridgehead atoms. The molecular weight excluding hydrogens is 240 g/mol. The van der Waals surface area contributed by atoms with Crippen LogP contribution in [0.25, 0.3) is 0 Å². The Morgan fingerprint density at radius 2 is 1.55 bits per heavy atom. The van der Waals surface area contributed by atoms with Gasteiger partial charge in [-0.1, -0.05) is 55.7 Å². The van der Waals surface area contributed by atoms with Crippen LogP contribution in [0, 0.1) is 10.8 Å².